The van der Waals surface area contributed by atoms with E-state index in [4.69, 9.17) is 4.74 Å². The second-order valence-corrected chi connectivity index (χ2v) is 5.14. The number of ether oxygens (including phenoxy) is 1. The van der Waals surface area contributed by atoms with E-state index in [1.54, 1.807) is 7.11 Å². The Morgan fingerprint density at radius 1 is 1.53 bits per heavy atom. The van der Waals surface area contributed by atoms with E-state index in [0.717, 1.165) is 30.6 Å². The third kappa shape index (κ3) is 3.07. The topological polar surface area (TPSA) is 58.6 Å². The fourth-order valence-corrected chi connectivity index (χ4v) is 2.74. The van der Waals surface area contributed by atoms with E-state index in [2.05, 4.69) is 5.32 Å². The quantitative estimate of drug-likeness (QED) is 0.870. The third-order valence-corrected chi connectivity index (χ3v) is 3.77. The predicted octanol–water partition coefficient (Wildman–Crippen LogP) is 1.75. The molecule has 1 unspecified atom stereocenters. The monoisotopic (exact) mass is 263 g/mol. The van der Waals surface area contributed by atoms with E-state index >= 15 is 0 Å². The van der Waals surface area contributed by atoms with Crippen LogP contribution in [0, 0.1) is 0 Å². The molecule has 0 fully saturated rings. The number of rotatable bonds is 4. The number of aryl methyl sites for hydroxylation is 1. The van der Waals surface area contributed by atoms with Crippen molar-refractivity contribution < 1.29 is 14.6 Å². The Balaban J connectivity index is 2.21. The molecular formula is C15H21NO3. The standard InChI is InChI=1S/C15H21NO3/c1-11(17)16-9-8-15(18)7-3-4-12-5-6-13(19-2)10-14(12)15/h5-6,10,18H,3-4,7-9H2,1-2H3,(H,16,17). The van der Waals surface area contributed by atoms with Crippen LogP contribution in [-0.2, 0) is 16.8 Å². The van der Waals surface area contributed by atoms with Gasteiger partial charge in [-0.2, -0.15) is 0 Å². The van der Waals surface area contributed by atoms with E-state index in [9.17, 15) is 9.90 Å². The van der Waals surface area contributed by atoms with Gasteiger partial charge in [-0.25, -0.2) is 0 Å². The lowest BCUT2D eigenvalue weighted by atomic mass is 9.77. The van der Waals surface area contributed by atoms with E-state index in [1.807, 2.05) is 18.2 Å². The van der Waals surface area contributed by atoms with Crippen molar-refractivity contribution >= 4 is 5.91 Å². The van der Waals surface area contributed by atoms with Crippen molar-refractivity contribution in [1.82, 2.24) is 5.32 Å². The van der Waals surface area contributed by atoms with Crippen LogP contribution in [0.5, 0.6) is 5.75 Å². The molecule has 0 spiro atoms. The molecule has 4 nitrogen and oxygen atoms in total. The maximum Gasteiger partial charge on any atom is 0.216 e. The SMILES string of the molecule is COc1ccc2c(c1)C(O)(CCNC(C)=O)CCC2. The highest BCUT2D eigenvalue weighted by Crippen LogP contribution is 2.39. The molecule has 1 aliphatic carbocycles. The van der Waals surface area contributed by atoms with Gasteiger partial charge in [0.15, 0.2) is 0 Å². The van der Waals surface area contributed by atoms with Gasteiger partial charge in [-0.05, 0) is 48.9 Å². The molecule has 0 saturated heterocycles. The summed E-state index contributed by atoms with van der Waals surface area (Å²) < 4.78 is 5.24. The van der Waals surface area contributed by atoms with E-state index in [-0.39, 0.29) is 5.91 Å². The minimum atomic E-state index is -0.857. The largest absolute Gasteiger partial charge is 0.497 e. The molecule has 0 heterocycles. The molecule has 0 aromatic heterocycles. The lowest BCUT2D eigenvalue weighted by Crippen LogP contribution is -2.35. The molecule has 4 heteroatoms. The summed E-state index contributed by atoms with van der Waals surface area (Å²) in [5.41, 5.74) is 1.27. The van der Waals surface area contributed by atoms with Gasteiger partial charge in [0.2, 0.25) is 5.91 Å². The molecule has 1 aliphatic rings. The van der Waals surface area contributed by atoms with Crippen molar-refractivity contribution in [1.29, 1.82) is 0 Å². The molecule has 0 bridgehead atoms. The molecule has 1 amide bonds. The fourth-order valence-electron chi connectivity index (χ4n) is 2.74. The highest BCUT2D eigenvalue weighted by molar-refractivity contribution is 5.72. The van der Waals surface area contributed by atoms with Crippen LogP contribution in [0.1, 0.15) is 37.3 Å². The first-order valence-corrected chi connectivity index (χ1v) is 6.69. The van der Waals surface area contributed by atoms with Gasteiger partial charge < -0.3 is 15.2 Å². The Morgan fingerprint density at radius 3 is 3.00 bits per heavy atom. The summed E-state index contributed by atoms with van der Waals surface area (Å²) in [6, 6.07) is 5.87. The summed E-state index contributed by atoms with van der Waals surface area (Å²) in [4.78, 5) is 10.9. The number of methoxy groups -OCH3 is 1. The summed E-state index contributed by atoms with van der Waals surface area (Å²) in [6.45, 7) is 1.98. The average molecular weight is 263 g/mol. The first kappa shape index (κ1) is 13.9. The van der Waals surface area contributed by atoms with Crippen LogP contribution in [0.25, 0.3) is 0 Å². The van der Waals surface area contributed by atoms with Crippen molar-refractivity contribution in [3.8, 4) is 5.75 Å². The maximum absolute atomic E-state index is 10.9. The molecule has 0 saturated carbocycles. The number of hydrogen-bond acceptors (Lipinski definition) is 3. The fraction of sp³-hybridized carbons (Fsp3) is 0.533. The highest BCUT2D eigenvalue weighted by atomic mass is 16.5. The molecule has 104 valence electrons. The predicted molar refractivity (Wildman–Crippen MR) is 73.1 cm³/mol. The van der Waals surface area contributed by atoms with Crippen LogP contribution >= 0.6 is 0 Å². The average Bonchev–Trinajstić information content (AvgIpc) is 2.38. The zero-order valence-corrected chi connectivity index (χ0v) is 11.5. The van der Waals surface area contributed by atoms with Crippen LogP contribution < -0.4 is 10.1 Å². The summed E-state index contributed by atoms with van der Waals surface area (Å²) in [5.74, 6) is 0.698. The Morgan fingerprint density at radius 2 is 2.32 bits per heavy atom. The number of benzene rings is 1. The van der Waals surface area contributed by atoms with E-state index < -0.39 is 5.60 Å². The van der Waals surface area contributed by atoms with Crippen molar-refractivity contribution in [2.45, 2.75) is 38.2 Å². The van der Waals surface area contributed by atoms with Crippen LogP contribution in [0.2, 0.25) is 0 Å². The molecule has 0 aliphatic heterocycles. The molecule has 1 atom stereocenters. The zero-order chi connectivity index (χ0) is 13.9. The second kappa shape index (κ2) is 5.61. The van der Waals surface area contributed by atoms with Gasteiger partial charge in [0.25, 0.3) is 0 Å². The van der Waals surface area contributed by atoms with Crippen LogP contribution in [0.3, 0.4) is 0 Å². The normalized spacial score (nSPS) is 21.6. The van der Waals surface area contributed by atoms with Crippen molar-refractivity contribution in [2.75, 3.05) is 13.7 Å². The van der Waals surface area contributed by atoms with Gasteiger partial charge >= 0.3 is 0 Å². The Bertz CT molecular complexity index is 472. The van der Waals surface area contributed by atoms with Crippen LogP contribution in [0.15, 0.2) is 18.2 Å². The maximum atomic E-state index is 10.9. The van der Waals surface area contributed by atoms with E-state index in [0.29, 0.717) is 13.0 Å². The zero-order valence-electron chi connectivity index (χ0n) is 11.5. The van der Waals surface area contributed by atoms with Crippen molar-refractivity contribution in [3.63, 3.8) is 0 Å². The summed E-state index contributed by atoms with van der Waals surface area (Å²) in [5, 5.41) is 13.6. The van der Waals surface area contributed by atoms with Gasteiger partial charge in [-0.15, -0.1) is 0 Å². The Hall–Kier alpha value is -1.55. The highest BCUT2D eigenvalue weighted by Gasteiger charge is 2.34. The molecule has 1 aromatic rings. The van der Waals surface area contributed by atoms with Gasteiger partial charge in [0.05, 0.1) is 12.7 Å². The number of aliphatic hydroxyl groups is 1. The smallest absolute Gasteiger partial charge is 0.216 e. The van der Waals surface area contributed by atoms with E-state index in [1.165, 1.54) is 12.5 Å². The molecule has 0 radical (unpaired) electrons. The molecule has 1 aromatic carbocycles. The summed E-state index contributed by atoms with van der Waals surface area (Å²) >= 11 is 0. The minimum absolute atomic E-state index is 0.0646. The van der Waals surface area contributed by atoms with Crippen LogP contribution in [-0.4, -0.2) is 24.7 Å². The van der Waals surface area contributed by atoms with Crippen molar-refractivity contribution in [2.24, 2.45) is 0 Å². The molecule has 2 N–H and O–H groups in total. The number of amides is 1. The summed E-state index contributed by atoms with van der Waals surface area (Å²) in [6.07, 6.45) is 3.22. The van der Waals surface area contributed by atoms with Crippen LogP contribution in [0.4, 0.5) is 0 Å². The number of carbonyl (C=O) groups excluding carboxylic acids is 1. The second-order valence-electron chi connectivity index (χ2n) is 5.14. The molecular weight excluding hydrogens is 242 g/mol. The van der Waals surface area contributed by atoms with Gasteiger partial charge in [0.1, 0.15) is 5.75 Å². The molecule has 19 heavy (non-hydrogen) atoms. The van der Waals surface area contributed by atoms with Gasteiger partial charge in [-0.3, -0.25) is 4.79 Å². The first-order chi connectivity index (χ1) is 9.05. The van der Waals surface area contributed by atoms with Gasteiger partial charge in [-0.1, -0.05) is 6.07 Å². The number of hydrogen-bond donors (Lipinski definition) is 2. The van der Waals surface area contributed by atoms with Crippen molar-refractivity contribution in [3.05, 3.63) is 29.3 Å². The molecule has 2 rings (SSSR count). The summed E-state index contributed by atoms with van der Waals surface area (Å²) in [7, 11) is 1.63. The lowest BCUT2D eigenvalue weighted by molar-refractivity contribution is -0.119. The Labute approximate surface area is 113 Å². The first-order valence-electron chi connectivity index (χ1n) is 6.69. The Kier molecular flexibility index (Phi) is 4.10. The lowest BCUT2D eigenvalue weighted by Gasteiger charge is -2.35. The number of fused-ring (bicyclic) bond motifs is 1. The number of nitrogens with one attached hydrogen (secondary N) is 1. The number of carbonyl (C=O) groups is 1. The third-order valence-electron chi connectivity index (χ3n) is 3.77. The minimum Gasteiger partial charge on any atom is -0.497 e. The van der Waals surface area contributed by atoms with Gasteiger partial charge in [0, 0.05) is 13.5 Å².